The van der Waals surface area contributed by atoms with Gasteiger partial charge in [0.2, 0.25) is 17.7 Å². The summed E-state index contributed by atoms with van der Waals surface area (Å²) in [5, 5.41) is 15.2. The maximum atomic E-state index is 14.1. The number of carbonyl (C=O) groups is 3. The van der Waals surface area contributed by atoms with E-state index in [1.54, 1.807) is 15.8 Å². The van der Waals surface area contributed by atoms with E-state index in [-0.39, 0.29) is 30.7 Å². The molecule has 2 bridgehead atoms. The van der Waals surface area contributed by atoms with E-state index in [1.807, 2.05) is 60.7 Å². The van der Waals surface area contributed by atoms with Crippen LogP contribution in [0.4, 0.5) is 0 Å². The van der Waals surface area contributed by atoms with Gasteiger partial charge in [0.1, 0.15) is 29.1 Å². The first kappa shape index (κ1) is 26.7. The van der Waals surface area contributed by atoms with E-state index in [9.17, 15) is 14.4 Å². The van der Waals surface area contributed by atoms with E-state index < -0.39 is 12.1 Å². The third-order valence-corrected chi connectivity index (χ3v) is 7.64. The van der Waals surface area contributed by atoms with Crippen LogP contribution < -0.4 is 10.6 Å². The minimum atomic E-state index is -0.787. The smallest absolute Gasteiger partial charge is 0.246 e. The molecule has 4 aromatic rings. The molecule has 11 heteroatoms. The van der Waals surface area contributed by atoms with Crippen molar-refractivity contribution < 1.29 is 18.8 Å². The van der Waals surface area contributed by atoms with Gasteiger partial charge in [0.25, 0.3) is 0 Å². The van der Waals surface area contributed by atoms with Crippen molar-refractivity contribution in [3.63, 3.8) is 0 Å². The minimum Gasteiger partial charge on any atom is -0.460 e. The van der Waals surface area contributed by atoms with E-state index in [0.29, 0.717) is 51.3 Å². The van der Waals surface area contributed by atoms with Crippen LogP contribution in [0.2, 0.25) is 0 Å². The summed E-state index contributed by atoms with van der Waals surface area (Å²) >= 11 is 0. The molecule has 2 aliphatic rings. The molecule has 2 aromatic heterocycles. The van der Waals surface area contributed by atoms with Gasteiger partial charge < -0.3 is 20.0 Å². The highest BCUT2D eigenvalue weighted by atomic mass is 16.3. The van der Waals surface area contributed by atoms with Crippen molar-refractivity contribution in [1.29, 1.82) is 0 Å². The Kier molecular flexibility index (Phi) is 7.77. The van der Waals surface area contributed by atoms with Gasteiger partial charge in [-0.15, -0.1) is 5.10 Å². The Bertz CT molecular complexity index is 1500. The summed E-state index contributed by atoms with van der Waals surface area (Å²) in [6, 6.07) is 17.9. The fourth-order valence-corrected chi connectivity index (χ4v) is 5.55. The number of carbonyl (C=O) groups excluding carboxylic acids is 3. The lowest BCUT2D eigenvalue weighted by atomic mass is 10.0. The number of amides is 3. The van der Waals surface area contributed by atoms with E-state index in [1.165, 1.54) is 0 Å². The van der Waals surface area contributed by atoms with Gasteiger partial charge in [0.05, 0.1) is 19.3 Å². The molecule has 0 unspecified atom stereocenters. The predicted molar refractivity (Wildman–Crippen MR) is 150 cm³/mol. The van der Waals surface area contributed by atoms with Crippen LogP contribution in [0.3, 0.4) is 0 Å². The highest BCUT2D eigenvalue weighted by molar-refractivity contribution is 5.92. The minimum absolute atomic E-state index is 0.200. The molecule has 0 aliphatic carbocycles. The predicted octanol–water partition coefficient (Wildman–Crippen LogP) is 1.87. The topological polar surface area (TPSA) is 126 Å². The lowest BCUT2D eigenvalue weighted by Crippen LogP contribution is -2.63. The second-order valence-electron chi connectivity index (χ2n) is 10.6. The summed E-state index contributed by atoms with van der Waals surface area (Å²) in [5.74, 6) is 0.0556. The molecule has 2 aromatic carbocycles. The maximum absolute atomic E-state index is 14.1. The molecule has 212 valence electrons. The fourth-order valence-electron chi connectivity index (χ4n) is 5.55. The Morgan fingerprint density at radius 2 is 1.80 bits per heavy atom. The average Bonchev–Trinajstić information content (AvgIpc) is 3.61. The molecule has 2 N–H and O–H groups in total. The van der Waals surface area contributed by atoms with Gasteiger partial charge >= 0.3 is 0 Å². The number of aromatic nitrogens is 3. The number of benzene rings is 2. The number of hydrogen-bond acceptors (Lipinski definition) is 7. The zero-order valence-corrected chi connectivity index (χ0v) is 22.7. The number of aryl methyl sites for hydroxylation is 1. The summed E-state index contributed by atoms with van der Waals surface area (Å²) < 4.78 is 7.70. The summed E-state index contributed by atoms with van der Waals surface area (Å²) in [5.41, 5.74) is 2.37. The van der Waals surface area contributed by atoms with Crippen molar-refractivity contribution in [2.24, 2.45) is 0 Å². The lowest BCUT2D eigenvalue weighted by molar-refractivity contribution is -0.146. The number of piperazine rings is 1. The number of fused-ring (bicyclic) bond motifs is 4. The highest BCUT2D eigenvalue weighted by Crippen LogP contribution is 2.22. The molecular weight excluding hydrogens is 522 g/mol. The first-order valence-corrected chi connectivity index (χ1v) is 14.0. The van der Waals surface area contributed by atoms with Crippen molar-refractivity contribution in [3.05, 3.63) is 83.9 Å². The van der Waals surface area contributed by atoms with Crippen LogP contribution in [0.5, 0.6) is 0 Å². The van der Waals surface area contributed by atoms with Crippen molar-refractivity contribution in [1.82, 2.24) is 35.4 Å². The number of furan rings is 1. The van der Waals surface area contributed by atoms with Crippen molar-refractivity contribution in [3.8, 4) is 0 Å². The summed E-state index contributed by atoms with van der Waals surface area (Å²) in [6.45, 7) is 2.45. The van der Waals surface area contributed by atoms with Crippen LogP contribution in [0, 0.1) is 0 Å². The fraction of sp³-hybridized carbons (Fsp3) is 0.367. The van der Waals surface area contributed by atoms with Gasteiger partial charge in [-0.2, -0.15) is 0 Å². The third kappa shape index (κ3) is 6.30. The Morgan fingerprint density at radius 1 is 0.976 bits per heavy atom. The molecule has 2 aliphatic heterocycles. The molecule has 4 heterocycles. The molecule has 1 fully saturated rings. The first-order chi connectivity index (χ1) is 20.0. The second-order valence-corrected chi connectivity index (χ2v) is 10.6. The number of para-hydroxylation sites is 1. The van der Waals surface area contributed by atoms with Crippen LogP contribution in [-0.2, 0) is 40.4 Å². The summed E-state index contributed by atoms with van der Waals surface area (Å²) in [6.07, 6.45) is 2.91. The van der Waals surface area contributed by atoms with Gasteiger partial charge in [-0.05, 0) is 24.1 Å². The Labute approximate surface area is 237 Å². The van der Waals surface area contributed by atoms with Crippen LogP contribution in [0.25, 0.3) is 11.0 Å². The van der Waals surface area contributed by atoms with Gasteiger partial charge in [-0.25, -0.2) is 0 Å². The zero-order valence-electron chi connectivity index (χ0n) is 22.7. The van der Waals surface area contributed by atoms with E-state index in [2.05, 4.69) is 25.8 Å². The van der Waals surface area contributed by atoms with Gasteiger partial charge in [-0.3, -0.25) is 24.0 Å². The van der Waals surface area contributed by atoms with Crippen LogP contribution in [0.1, 0.15) is 29.9 Å². The van der Waals surface area contributed by atoms with Crippen molar-refractivity contribution in [2.75, 3.05) is 19.6 Å². The normalized spacial score (nSPS) is 21.1. The molecule has 6 rings (SSSR count). The van der Waals surface area contributed by atoms with E-state index in [4.69, 9.17) is 4.42 Å². The summed E-state index contributed by atoms with van der Waals surface area (Å²) in [7, 11) is 0. The number of nitrogens with one attached hydrogen (secondary N) is 2. The molecule has 41 heavy (non-hydrogen) atoms. The SMILES string of the molecule is O=C1CCCn2cc(nn2)CNC(=O)[C@H]2CN(Cc3cc4ccccc4o3)CCN2C(=O)[C@H](Cc2ccccc2)N1. The van der Waals surface area contributed by atoms with Crippen LogP contribution in [-0.4, -0.2) is 74.2 Å². The molecule has 0 radical (unpaired) electrons. The Hall–Kier alpha value is -4.51. The summed E-state index contributed by atoms with van der Waals surface area (Å²) in [4.78, 5) is 44.4. The lowest BCUT2D eigenvalue weighted by Gasteiger charge is -2.41. The monoisotopic (exact) mass is 555 g/mol. The average molecular weight is 556 g/mol. The zero-order chi connectivity index (χ0) is 28.2. The van der Waals surface area contributed by atoms with Gasteiger partial charge in [0, 0.05) is 44.4 Å². The highest BCUT2D eigenvalue weighted by Gasteiger charge is 2.38. The Morgan fingerprint density at radius 3 is 2.66 bits per heavy atom. The van der Waals surface area contributed by atoms with Gasteiger partial charge in [-0.1, -0.05) is 53.7 Å². The molecule has 2 atom stereocenters. The van der Waals surface area contributed by atoms with Crippen LogP contribution >= 0.6 is 0 Å². The van der Waals surface area contributed by atoms with E-state index >= 15 is 0 Å². The van der Waals surface area contributed by atoms with Gasteiger partial charge in [0.15, 0.2) is 0 Å². The molecule has 1 saturated heterocycles. The number of hydrogen-bond donors (Lipinski definition) is 2. The largest absolute Gasteiger partial charge is 0.460 e. The van der Waals surface area contributed by atoms with E-state index in [0.717, 1.165) is 22.3 Å². The third-order valence-electron chi connectivity index (χ3n) is 7.64. The Balaban J connectivity index is 1.26. The molecule has 0 saturated carbocycles. The molecule has 3 amide bonds. The number of nitrogens with zero attached hydrogens (tertiary/aromatic N) is 5. The van der Waals surface area contributed by atoms with Crippen LogP contribution in [0.15, 0.2) is 71.3 Å². The molecular formula is C30H33N7O4. The first-order valence-electron chi connectivity index (χ1n) is 14.0. The quantitative estimate of drug-likeness (QED) is 0.394. The van der Waals surface area contributed by atoms with Crippen molar-refractivity contribution in [2.45, 2.75) is 51.0 Å². The number of rotatable bonds is 4. The maximum Gasteiger partial charge on any atom is 0.246 e. The second kappa shape index (κ2) is 11.9. The van der Waals surface area contributed by atoms with Crippen molar-refractivity contribution >= 4 is 28.7 Å². The standard InChI is InChI=1S/C30H33N7O4/c38-28-11-6-12-36-18-23(33-34-36)17-31-29(39)26-20-35(19-24-16-22-9-4-5-10-27(22)41-24)13-14-37(26)30(40)25(32-28)15-21-7-2-1-3-8-21/h1-5,7-10,16,18,25-26H,6,11-15,17,19-20H2,(H,31,39)(H,32,38)/t25-,26+/m0/s1. The molecule has 0 spiro atoms. The molecule has 11 nitrogen and oxygen atoms in total.